The molecule has 4 nitrogen and oxygen atoms in total. The zero-order chi connectivity index (χ0) is 21.2. The van der Waals surface area contributed by atoms with Crippen LogP contribution in [0, 0.1) is 0 Å². The van der Waals surface area contributed by atoms with Crippen molar-refractivity contribution in [3.8, 4) is 16.9 Å². The number of para-hydroxylation sites is 2. The van der Waals surface area contributed by atoms with Crippen LogP contribution in [0.1, 0.15) is 48.9 Å². The van der Waals surface area contributed by atoms with Crippen molar-refractivity contribution in [2.24, 2.45) is 0 Å². The summed E-state index contributed by atoms with van der Waals surface area (Å²) in [5.41, 5.74) is 3.43. The van der Waals surface area contributed by atoms with E-state index in [2.05, 4.69) is 17.4 Å². The summed E-state index contributed by atoms with van der Waals surface area (Å²) in [6, 6.07) is 24.6. The average molecular weight is 402 g/mol. The quantitative estimate of drug-likeness (QED) is 0.241. The van der Waals surface area contributed by atoms with E-state index in [0.29, 0.717) is 18.5 Å². The fourth-order valence-corrected chi connectivity index (χ4v) is 3.34. The molecule has 0 radical (unpaired) electrons. The Labute approximate surface area is 177 Å². The van der Waals surface area contributed by atoms with Crippen LogP contribution in [0.5, 0.6) is 5.75 Å². The van der Waals surface area contributed by atoms with Gasteiger partial charge in [-0.15, -0.1) is 0 Å². The lowest BCUT2D eigenvalue weighted by Crippen LogP contribution is -2.11. The Bertz CT molecular complexity index is 965. The lowest BCUT2D eigenvalue weighted by atomic mass is 10.00. The number of anilines is 1. The Morgan fingerprint density at radius 1 is 0.667 bits per heavy atom. The molecule has 1 amide bonds. The molecule has 0 bridgehead atoms. The first-order valence-electron chi connectivity index (χ1n) is 10.4. The first-order valence-corrected chi connectivity index (χ1v) is 10.4. The number of phenolic OH excluding ortho intramolecular Hbond substituents is 1. The van der Waals surface area contributed by atoms with Gasteiger partial charge in [0.15, 0.2) is 5.78 Å². The van der Waals surface area contributed by atoms with Crippen molar-refractivity contribution in [2.75, 3.05) is 5.32 Å². The number of ketones is 1. The Morgan fingerprint density at radius 2 is 1.27 bits per heavy atom. The molecule has 3 rings (SSSR count). The predicted octanol–water partition coefficient (Wildman–Crippen LogP) is 6.22. The fraction of sp³-hybridized carbons (Fsp3) is 0.231. The van der Waals surface area contributed by atoms with Crippen LogP contribution >= 0.6 is 0 Å². The summed E-state index contributed by atoms with van der Waals surface area (Å²) in [5.74, 6) is 0.124. The van der Waals surface area contributed by atoms with Crippen molar-refractivity contribution >= 4 is 17.4 Å². The Hall–Kier alpha value is -3.40. The molecule has 0 aromatic heterocycles. The molecule has 0 saturated heterocycles. The number of phenols is 1. The summed E-state index contributed by atoms with van der Waals surface area (Å²) < 4.78 is 0. The van der Waals surface area contributed by atoms with Gasteiger partial charge in [0.25, 0.3) is 0 Å². The highest BCUT2D eigenvalue weighted by atomic mass is 16.3. The second-order valence-electron chi connectivity index (χ2n) is 7.35. The van der Waals surface area contributed by atoms with Gasteiger partial charge < -0.3 is 10.4 Å². The lowest BCUT2D eigenvalue weighted by Gasteiger charge is -2.07. The molecule has 3 aromatic carbocycles. The summed E-state index contributed by atoms with van der Waals surface area (Å²) in [5, 5.41) is 12.4. The molecule has 0 spiro atoms. The topological polar surface area (TPSA) is 66.4 Å². The summed E-state index contributed by atoms with van der Waals surface area (Å²) >= 11 is 0. The smallest absolute Gasteiger partial charge is 0.224 e. The zero-order valence-corrected chi connectivity index (χ0v) is 17.0. The molecule has 2 N–H and O–H groups in total. The van der Waals surface area contributed by atoms with Crippen LogP contribution in [0.15, 0.2) is 78.9 Å². The molecule has 0 aliphatic carbocycles. The third kappa shape index (κ3) is 6.31. The minimum atomic E-state index is -0.105. The average Bonchev–Trinajstić information content (AvgIpc) is 2.78. The van der Waals surface area contributed by atoms with Crippen LogP contribution < -0.4 is 5.32 Å². The third-order valence-electron chi connectivity index (χ3n) is 5.05. The van der Waals surface area contributed by atoms with Crippen molar-refractivity contribution in [1.29, 1.82) is 0 Å². The summed E-state index contributed by atoms with van der Waals surface area (Å²) in [6.07, 6.45) is 4.32. The van der Waals surface area contributed by atoms with Crippen LogP contribution in [-0.2, 0) is 4.79 Å². The largest absolute Gasteiger partial charge is 0.506 e. The van der Waals surface area contributed by atoms with E-state index in [-0.39, 0.29) is 17.4 Å². The van der Waals surface area contributed by atoms with E-state index in [9.17, 15) is 14.7 Å². The third-order valence-corrected chi connectivity index (χ3v) is 5.05. The normalized spacial score (nSPS) is 10.5. The molecule has 0 aliphatic rings. The molecular formula is C26H27NO3. The second-order valence-corrected chi connectivity index (χ2v) is 7.35. The van der Waals surface area contributed by atoms with Gasteiger partial charge in [0, 0.05) is 18.4 Å². The fourth-order valence-electron chi connectivity index (χ4n) is 3.34. The highest BCUT2D eigenvalue weighted by molar-refractivity contribution is 5.96. The number of carbonyl (C=O) groups excluding carboxylic acids is 2. The Morgan fingerprint density at radius 3 is 1.97 bits per heavy atom. The van der Waals surface area contributed by atoms with Crippen molar-refractivity contribution in [3.63, 3.8) is 0 Å². The highest BCUT2D eigenvalue weighted by Gasteiger charge is 2.08. The van der Waals surface area contributed by atoms with Crippen LogP contribution in [-0.4, -0.2) is 16.8 Å². The van der Waals surface area contributed by atoms with Crippen LogP contribution in [0.25, 0.3) is 11.1 Å². The number of aromatic hydroxyl groups is 1. The minimum absolute atomic E-state index is 0.0705. The number of amides is 1. The number of hydrogen-bond acceptors (Lipinski definition) is 3. The zero-order valence-electron chi connectivity index (χ0n) is 17.0. The van der Waals surface area contributed by atoms with Crippen LogP contribution in [0.3, 0.4) is 0 Å². The minimum Gasteiger partial charge on any atom is -0.506 e. The number of rotatable bonds is 10. The van der Waals surface area contributed by atoms with Crippen LogP contribution in [0.4, 0.5) is 5.69 Å². The molecule has 0 atom stereocenters. The number of hydrogen-bond donors (Lipinski definition) is 2. The first-order chi connectivity index (χ1) is 14.6. The summed E-state index contributed by atoms with van der Waals surface area (Å²) in [7, 11) is 0. The molecule has 4 heteroatoms. The Balaban J connectivity index is 1.33. The molecular weight excluding hydrogens is 374 g/mol. The van der Waals surface area contributed by atoms with Gasteiger partial charge in [0.05, 0.1) is 5.69 Å². The standard InChI is InChI=1S/C26H27NO3/c28-24(22-18-16-21(17-19-22)20-10-4-3-5-11-20)13-6-1-2-7-15-26(30)27-23-12-8-9-14-25(23)29/h3-5,8-12,14,16-19,29H,1-2,6-7,13,15H2,(H,27,30). The van der Waals surface area contributed by atoms with E-state index in [0.717, 1.165) is 42.4 Å². The number of Topliss-reactive ketones (excluding diaryl/α,β-unsaturated/α-hetero) is 1. The highest BCUT2D eigenvalue weighted by Crippen LogP contribution is 2.22. The number of benzene rings is 3. The van der Waals surface area contributed by atoms with E-state index < -0.39 is 0 Å². The molecule has 0 saturated carbocycles. The van der Waals surface area contributed by atoms with Gasteiger partial charge in [-0.1, -0.05) is 79.6 Å². The number of nitrogens with one attached hydrogen (secondary N) is 1. The predicted molar refractivity (Wildman–Crippen MR) is 121 cm³/mol. The van der Waals surface area contributed by atoms with E-state index in [1.54, 1.807) is 24.3 Å². The number of carbonyl (C=O) groups is 2. The van der Waals surface area contributed by atoms with Gasteiger partial charge in [0.1, 0.15) is 5.75 Å². The molecule has 0 aliphatic heterocycles. The number of unbranched alkanes of at least 4 members (excludes halogenated alkanes) is 3. The first kappa shape index (κ1) is 21.3. The summed E-state index contributed by atoms with van der Waals surface area (Å²) in [6.45, 7) is 0. The van der Waals surface area contributed by atoms with Gasteiger partial charge >= 0.3 is 0 Å². The SMILES string of the molecule is O=C(CCCCCCC(=O)c1ccc(-c2ccccc2)cc1)Nc1ccccc1O. The molecule has 3 aromatic rings. The molecule has 0 heterocycles. The van der Waals surface area contributed by atoms with E-state index in [1.165, 1.54) is 0 Å². The molecule has 0 unspecified atom stereocenters. The van der Waals surface area contributed by atoms with Crippen molar-refractivity contribution in [3.05, 3.63) is 84.4 Å². The second kappa shape index (κ2) is 11.0. The van der Waals surface area contributed by atoms with Gasteiger partial charge in [0.2, 0.25) is 5.91 Å². The van der Waals surface area contributed by atoms with Gasteiger partial charge in [-0.05, 0) is 36.1 Å². The van der Waals surface area contributed by atoms with Crippen molar-refractivity contribution < 1.29 is 14.7 Å². The molecule has 0 fully saturated rings. The van der Waals surface area contributed by atoms with Gasteiger partial charge in [-0.3, -0.25) is 9.59 Å². The lowest BCUT2D eigenvalue weighted by molar-refractivity contribution is -0.116. The van der Waals surface area contributed by atoms with E-state index >= 15 is 0 Å². The maximum absolute atomic E-state index is 12.4. The molecule has 154 valence electrons. The van der Waals surface area contributed by atoms with E-state index in [1.807, 2.05) is 42.5 Å². The van der Waals surface area contributed by atoms with Gasteiger partial charge in [-0.25, -0.2) is 0 Å². The van der Waals surface area contributed by atoms with E-state index in [4.69, 9.17) is 0 Å². The molecule has 30 heavy (non-hydrogen) atoms. The monoisotopic (exact) mass is 401 g/mol. The van der Waals surface area contributed by atoms with Crippen molar-refractivity contribution in [1.82, 2.24) is 0 Å². The maximum atomic E-state index is 12.4. The summed E-state index contributed by atoms with van der Waals surface area (Å²) in [4.78, 5) is 24.3. The van der Waals surface area contributed by atoms with Crippen LogP contribution in [0.2, 0.25) is 0 Å². The Kier molecular flexibility index (Phi) is 7.78. The van der Waals surface area contributed by atoms with Gasteiger partial charge in [-0.2, -0.15) is 0 Å². The van der Waals surface area contributed by atoms with Crippen molar-refractivity contribution in [2.45, 2.75) is 38.5 Å². The maximum Gasteiger partial charge on any atom is 0.224 e.